The van der Waals surface area contributed by atoms with Crippen LogP contribution in [0.25, 0.3) is 0 Å². The lowest BCUT2D eigenvalue weighted by Gasteiger charge is -2.38. The Morgan fingerprint density at radius 3 is 2.37 bits per heavy atom. The number of methoxy groups -OCH3 is 2. The Balaban J connectivity index is 1.55. The Kier molecular flexibility index (Phi) is 7.77. The number of benzene rings is 2. The van der Waals surface area contributed by atoms with Crippen LogP contribution >= 0.6 is 0 Å². The molecule has 1 atom stereocenters. The number of urea groups is 1. The zero-order valence-corrected chi connectivity index (χ0v) is 20.4. The van der Waals surface area contributed by atoms with Crippen molar-refractivity contribution in [2.45, 2.75) is 13.0 Å². The topological polar surface area (TPSA) is 92.4 Å². The van der Waals surface area contributed by atoms with E-state index in [1.165, 1.54) is 0 Å². The second-order valence-corrected chi connectivity index (χ2v) is 8.39. The fourth-order valence-electron chi connectivity index (χ4n) is 4.46. The van der Waals surface area contributed by atoms with E-state index in [4.69, 9.17) is 14.2 Å². The Bertz CT molecular complexity index is 1090. The number of hydrogen-bond acceptors (Lipinski definition) is 7. The van der Waals surface area contributed by atoms with Crippen molar-refractivity contribution in [2.24, 2.45) is 0 Å². The number of amides is 2. The van der Waals surface area contributed by atoms with Gasteiger partial charge in [-0.1, -0.05) is 18.2 Å². The summed E-state index contributed by atoms with van der Waals surface area (Å²) in [5.41, 5.74) is 2.84. The molecule has 2 aromatic carbocycles. The van der Waals surface area contributed by atoms with Crippen LogP contribution in [0.3, 0.4) is 0 Å². The summed E-state index contributed by atoms with van der Waals surface area (Å²) < 4.78 is 16.1. The number of piperazine rings is 1. The molecular weight excluding hydrogens is 448 g/mol. The van der Waals surface area contributed by atoms with Crippen molar-refractivity contribution in [2.75, 3.05) is 58.5 Å². The monoisotopic (exact) mass is 480 g/mol. The number of carbonyl (C=O) groups excluding carboxylic acids is 2. The van der Waals surface area contributed by atoms with Crippen LogP contribution < -0.4 is 25.0 Å². The van der Waals surface area contributed by atoms with Gasteiger partial charge in [0, 0.05) is 50.2 Å². The van der Waals surface area contributed by atoms with Gasteiger partial charge in [-0.25, -0.2) is 9.59 Å². The van der Waals surface area contributed by atoms with Gasteiger partial charge < -0.3 is 29.7 Å². The maximum atomic E-state index is 13.1. The normalized spacial score (nSPS) is 18.5. The van der Waals surface area contributed by atoms with Gasteiger partial charge in [0.25, 0.3) is 0 Å². The number of carbonyl (C=O) groups is 2. The van der Waals surface area contributed by atoms with Crippen molar-refractivity contribution < 1.29 is 23.8 Å². The number of ether oxygens (including phenoxy) is 3. The molecule has 2 aromatic rings. The molecule has 0 radical (unpaired) electrons. The molecule has 9 heteroatoms. The van der Waals surface area contributed by atoms with E-state index >= 15 is 0 Å². The Morgan fingerprint density at radius 2 is 1.69 bits per heavy atom. The zero-order chi connectivity index (χ0) is 24.8. The molecule has 2 N–H and O–H groups in total. The minimum Gasteiger partial charge on any atom is -0.497 e. The summed E-state index contributed by atoms with van der Waals surface area (Å²) in [6, 6.07) is 14.4. The molecule has 0 spiro atoms. The maximum absolute atomic E-state index is 13.1. The smallest absolute Gasteiger partial charge is 0.338 e. The summed E-state index contributed by atoms with van der Waals surface area (Å²) in [5, 5.41) is 5.74. The maximum Gasteiger partial charge on any atom is 0.338 e. The molecule has 0 bridgehead atoms. The first-order valence-corrected chi connectivity index (χ1v) is 11.7. The van der Waals surface area contributed by atoms with E-state index in [2.05, 4.69) is 26.5 Å². The summed E-state index contributed by atoms with van der Waals surface area (Å²) in [6.45, 7) is 5.65. The van der Waals surface area contributed by atoms with Crippen LogP contribution in [0.2, 0.25) is 0 Å². The highest BCUT2D eigenvalue weighted by Crippen LogP contribution is 2.30. The van der Waals surface area contributed by atoms with E-state index < -0.39 is 12.0 Å². The fourth-order valence-corrected chi connectivity index (χ4v) is 4.46. The minimum absolute atomic E-state index is 0.244. The van der Waals surface area contributed by atoms with Gasteiger partial charge in [0.2, 0.25) is 0 Å². The standard InChI is InChI=1S/C26H32N4O5/c1-4-35-25(31)23-22(27-26(32)28-24(23)18-7-5-9-20(15-18)33-2)17-29-11-13-30(14-12-29)19-8-6-10-21(16-19)34-3/h5-10,15-16,24H,4,11-14,17H2,1-3H3,(H2,27,28,32)/t24-/m1/s1. The van der Waals surface area contributed by atoms with Gasteiger partial charge in [0.1, 0.15) is 11.5 Å². The van der Waals surface area contributed by atoms with Crippen LogP contribution in [0.15, 0.2) is 59.8 Å². The molecule has 0 saturated carbocycles. The molecule has 186 valence electrons. The van der Waals surface area contributed by atoms with E-state index in [0.717, 1.165) is 43.2 Å². The molecule has 2 amide bonds. The SMILES string of the molecule is CCOC(=O)C1=C(CN2CCN(c3cccc(OC)c3)CC2)NC(=O)N[C@@H]1c1cccc(OC)c1. The molecule has 1 fully saturated rings. The highest BCUT2D eigenvalue weighted by molar-refractivity contribution is 5.95. The first-order valence-electron chi connectivity index (χ1n) is 11.7. The summed E-state index contributed by atoms with van der Waals surface area (Å²) in [4.78, 5) is 30.2. The Hall–Kier alpha value is -3.72. The van der Waals surface area contributed by atoms with Gasteiger partial charge in [0.05, 0.1) is 32.4 Å². The molecule has 9 nitrogen and oxygen atoms in total. The molecule has 2 aliphatic heterocycles. The molecule has 0 unspecified atom stereocenters. The highest BCUT2D eigenvalue weighted by Gasteiger charge is 2.35. The predicted octanol–water partition coefficient (Wildman–Crippen LogP) is 2.70. The summed E-state index contributed by atoms with van der Waals surface area (Å²) >= 11 is 0. The van der Waals surface area contributed by atoms with Crippen molar-refractivity contribution in [1.82, 2.24) is 15.5 Å². The predicted molar refractivity (Wildman–Crippen MR) is 133 cm³/mol. The molecule has 1 saturated heterocycles. The molecule has 0 aliphatic carbocycles. The van der Waals surface area contributed by atoms with E-state index in [1.807, 2.05) is 42.5 Å². The Morgan fingerprint density at radius 1 is 1.00 bits per heavy atom. The number of rotatable bonds is 8. The van der Waals surface area contributed by atoms with Crippen LogP contribution in [0.1, 0.15) is 18.5 Å². The number of nitrogens with one attached hydrogen (secondary N) is 2. The van der Waals surface area contributed by atoms with Gasteiger partial charge in [-0.3, -0.25) is 4.90 Å². The Labute approximate surface area is 205 Å². The van der Waals surface area contributed by atoms with E-state index in [-0.39, 0.29) is 12.6 Å². The second kappa shape index (κ2) is 11.1. The molecule has 2 heterocycles. The van der Waals surface area contributed by atoms with Crippen molar-refractivity contribution in [1.29, 1.82) is 0 Å². The lowest BCUT2D eigenvalue weighted by Crippen LogP contribution is -2.51. The third-order valence-electron chi connectivity index (χ3n) is 6.25. The molecule has 35 heavy (non-hydrogen) atoms. The van der Waals surface area contributed by atoms with E-state index in [9.17, 15) is 9.59 Å². The third kappa shape index (κ3) is 5.68. The molecule has 2 aliphatic rings. The van der Waals surface area contributed by atoms with E-state index in [0.29, 0.717) is 23.6 Å². The van der Waals surface area contributed by atoms with Crippen LogP contribution in [-0.4, -0.2) is 70.5 Å². The van der Waals surface area contributed by atoms with Gasteiger partial charge in [-0.15, -0.1) is 0 Å². The molecule has 4 rings (SSSR count). The first kappa shape index (κ1) is 24.4. The summed E-state index contributed by atoms with van der Waals surface area (Å²) in [6.07, 6.45) is 0. The lowest BCUT2D eigenvalue weighted by molar-refractivity contribution is -0.139. The van der Waals surface area contributed by atoms with Crippen LogP contribution in [0.5, 0.6) is 11.5 Å². The van der Waals surface area contributed by atoms with Crippen LogP contribution in [0, 0.1) is 0 Å². The van der Waals surface area contributed by atoms with Crippen LogP contribution in [0.4, 0.5) is 10.5 Å². The largest absolute Gasteiger partial charge is 0.497 e. The van der Waals surface area contributed by atoms with Crippen LogP contribution in [-0.2, 0) is 9.53 Å². The van der Waals surface area contributed by atoms with Gasteiger partial charge in [-0.2, -0.15) is 0 Å². The molecule has 0 aromatic heterocycles. The molecular formula is C26H32N4O5. The number of anilines is 1. The lowest BCUT2D eigenvalue weighted by atomic mass is 9.94. The summed E-state index contributed by atoms with van der Waals surface area (Å²) in [7, 11) is 3.25. The highest BCUT2D eigenvalue weighted by atomic mass is 16.5. The number of nitrogens with zero attached hydrogens (tertiary/aromatic N) is 2. The average Bonchev–Trinajstić information content (AvgIpc) is 2.89. The summed E-state index contributed by atoms with van der Waals surface area (Å²) in [5.74, 6) is 1.03. The van der Waals surface area contributed by atoms with Crippen molar-refractivity contribution in [3.8, 4) is 11.5 Å². The van der Waals surface area contributed by atoms with Crippen molar-refractivity contribution in [3.63, 3.8) is 0 Å². The fraction of sp³-hybridized carbons (Fsp3) is 0.385. The van der Waals surface area contributed by atoms with Gasteiger partial charge in [0.15, 0.2) is 0 Å². The third-order valence-corrected chi connectivity index (χ3v) is 6.25. The minimum atomic E-state index is -0.633. The van der Waals surface area contributed by atoms with E-state index in [1.54, 1.807) is 21.1 Å². The zero-order valence-electron chi connectivity index (χ0n) is 20.4. The van der Waals surface area contributed by atoms with Gasteiger partial charge >= 0.3 is 12.0 Å². The quantitative estimate of drug-likeness (QED) is 0.562. The van der Waals surface area contributed by atoms with Gasteiger partial charge in [-0.05, 0) is 36.8 Å². The second-order valence-electron chi connectivity index (χ2n) is 8.39. The number of hydrogen-bond donors (Lipinski definition) is 2. The van der Waals surface area contributed by atoms with Crippen molar-refractivity contribution in [3.05, 3.63) is 65.4 Å². The average molecular weight is 481 g/mol. The number of esters is 1. The van der Waals surface area contributed by atoms with Crippen molar-refractivity contribution >= 4 is 17.7 Å². The first-order chi connectivity index (χ1) is 17.0.